The Kier molecular flexibility index (Phi) is 6.67. The van der Waals surface area contributed by atoms with E-state index in [-0.39, 0.29) is 0 Å². The van der Waals surface area contributed by atoms with Crippen molar-refractivity contribution < 1.29 is 9.47 Å². The lowest BCUT2D eigenvalue weighted by Crippen LogP contribution is -2.14. The number of hydrogen-bond acceptors (Lipinski definition) is 4. The van der Waals surface area contributed by atoms with E-state index in [1.807, 2.05) is 73.7 Å². The lowest BCUT2D eigenvalue weighted by Gasteiger charge is -2.15. The van der Waals surface area contributed by atoms with Crippen molar-refractivity contribution in [3.05, 3.63) is 88.2 Å². The molecule has 5 nitrogen and oxygen atoms in total. The summed E-state index contributed by atoms with van der Waals surface area (Å²) in [4.78, 5) is 7.95. The topological polar surface area (TPSA) is 59.2 Å². The summed E-state index contributed by atoms with van der Waals surface area (Å²) in [6.07, 6.45) is 0. The van der Waals surface area contributed by atoms with Gasteiger partial charge in [-0.15, -0.1) is 0 Å². The molecule has 0 spiro atoms. The SMILES string of the molecule is CCOc1cc(CNCc2nc3ccccc3[nH]2)c(Br)cc1OCc1ccccc1. The Labute approximate surface area is 184 Å². The summed E-state index contributed by atoms with van der Waals surface area (Å²) < 4.78 is 12.8. The molecular formula is C24H24BrN3O2. The summed E-state index contributed by atoms with van der Waals surface area (Å²) in [5, 5.41) is 3.45. The Morgan fingerprint density at radius 3 is 2.50 bits per heavy atom. The standard InChI is InChI=1S/C24H24BrN3O2/c1-2-29-22-12-18(14-26-15-24-27-20-10-6-7-11-21(20)28-24)19(25)13-23(22)30-16-17-8-4-3-5-9-17/h3-13,26H,2,14-16H2,1H3,(H,27,28). The number of nitrogens with one attached hydrogen (secondary N) is 2. The molecule has 1 heterocycles. The van der Waals surface area contributed by atoms with Crippen LogP contribution in [0.25, 0.3) is 11.0 Å². The molecule has 0 amide bonds. The van der Waals surface area contributed by atoms with Gasteiger partial charge in [-0.2, -0.15) is 0 Å². The van der Waals surface area contributed by atoms with Gasteiger partial charge in [-0.1, -0.05) is 58.4 Å². The van der Waals surface area contributed by atoms with Crippen LogP contribution in [-0.2, 0) is 19.7 Å². The Balaban J connectivity index is 1.42. The third-order valence-electron chi connectivity index (χ3n) is 4.70. The summed E-state index contributed by atoms with van der Waals surface area (Å²) in [6.45, 7) is 4.38. The number of aromatic nitrogens is 2. The second kappa shape index (κ2) is 9.78. The number of benzene rings is 3. The third-order valence-corrected chi connectivity index (χ3v) is 5.43. The molecule has 6 heteroatoms. The number of ether oxygens (including phenoxy) is 2. The predicted molar refractivity (Wildman–Crippen MR) is 123 cm³/mol. The van der Waals surface area contributed by atoms with Crippen LogP contribution in [0.5, 0.6) is 11.5 Å². The van der Waals surface area contributed by atoms with Gasteiger partial charge in [0.15, 0.2) is 11.5 Å². The Hall–Kier alpha value is -2.83. The fourth-order valence-corrected chi connectivity index (χ4v) is 3.70. The van der Waals surface area contributed by atoms with Crippen LogP contribution < -0.4 is 14.8 Å². The van der Waals surface area contributed by atoms with Gasteiger partial charge in [0.05, 0.1) is 24.2 Å². The molecule has 0 unspecified atom stereocenters. The number of nitrogens with zero attached hydrogens (tertiary/aromatic N) is 1. The highest BCUT2D eigenvalue weighted by molar-refractivity contribution is 9.10. The third kappa shape index (κ3) is 5.01. The number of fused-ring (bicyclic) bond motifs is 1. The maximum Gasteiger partial charge on any atom is 0.162 e. The van der Waals surface area contributed by atoms with Crippen LogP contribution in [0.1, 0.15) is 23.9 Å². The fraction of sp³-hybridized carbons (Fsp3) is 0.208. The molecule has 4 rings (SSSR count). The average molecular weight is 466 g/mol. The molecule has 1 aromatic heterocycles. The van der Waals surface area contributed by atoms with Crippen molar-refractivity contribution in [2.45, 2.75) is 26.6 Å². The predicted octanol–water partition coefficient (Wildman–Crippen LogP) is 5.59. The Morgan fingerprint density at radius 2 is 1.70 bits per heavy atom. The number of hydrogen-bond donors (Lipinski definition) is 2. The van der Waals surface area contributed by atoms with E-state index >= 15 is 0 Å². The van der Waals surface area contributed by atoms with Gasteiger partial charge in [0.2, 0.25) is 0 Å². The van der Waals surface area contributed by atoms with Crippen LogP contribution in [0.3, 0.4) is 0 Å². The van der Waals surface area contributed by atoms with E-state index < -0.39 is 0 Å². The largest absolute Gasteiger partial charge is 0.490 e. The molecular weight excluding hydrogens is 442 g/mol. The van der Waals surface area contributed by atoms with Crippen molar-refractivity contribution >= 4 is 27.0 Å². The van der Waals surface area contributed by atoms with Gasteiger partial charge in [0.25, 0.3) is 0 Å². The van der Waals surface area contributed by atoms with Gasteiger partial charge < -0.3 is 19.8 Å². The first kappa shape index (κ1) is 20.4. The molecule has 0 saturated heterocycles. The maximum atomic E-state index is 6.03. The molecule has 0 fully saturated rings. The molecule has 0 bridgehead atoms. The molecule has 0 aliphatic heterocycles. The summed E-state index contributed by atoms with van der Waals surface area (Å²) in [6, 6.07) is 22.2. The fourth-order valence-electron chi connectivity index (χ4n) is 3.23. The van der Waals surface area contributed by atoms with Gasteiger partial charge in [-0.25, -0.2) is 4.98 Å². The summed E-state index contributed by atoms with van der Waals surface area (Å²) in [5.74, 6) is 2.39. The summed E-state index contributed by atoms with van der Waals surface area (Å²) in [7, 11) is 0. The van der Waals surface area contributed by atoms with Crippen LogP contribution in [0.4, 0.5) is 0 Å². The minimum atomic E-state index is 0.497. The number of H-pyrrole nitrogens is 1. The molecule has 0 atom stereocenters. The Morgan fingerprint density at radius 1 is 0.933 bits per heavy atom. The van der Waals surface area contributed by atoms with E-state index in [1.165, 1.54) is 0 Å². The monoisotopic (exact) mass is 465 g/mol. The van der Waals surface area contributed by atoms with Crippen LogP contribution in [-0.4, -0.2) is 16.6 Å². The number of para-hydroxylation sites is 2. The van der Waals surface area contributed by atoms with Crippen LogP contribution >= 0.6 is 15.9 Å². The molecule has 0 radical (unpaired) electrons. The second-order valence-corrected chi connectivity index (χ2v) is 7.76. The molecule has 0 aliphatic carbocycles. The number of halogens is 1. The zero-order valence-electron chi connectivity index (χ0n) is 16.8. The first-order chi connectivity index (χ1) is 14.7. The van der Waals surface area contributed by atoms with Crippen LogP contribution in [0.15, 0.2) is 71.2 Å². The van der Waals surface area contributed by atoms with Gasteiger partial charge in [-0.05, 0) is 42.3 Å². The van der Waals surface area contributed by atoms with Gasteiger partial charge >= 0.3 is 0 Å². The Bertz CT molecular complexity index is 1080. The van der Waals surface area contributed by atoms with Crippen molar-refractivity contribution in [3.63, 3.8) is 0 Å². The molecule has 30 heavy (non-hydrogen) atoms. The van der Waals surface area contributed by atoms with Crippen molar-refractivity contribution in [2.75, 3.05) is 6.61 Å². The number of rotatable bonds is 9. The quantitative estimate of drug-likeness (QED) is 0.338. The van der Waals surface area contributed by atoms with Crippen LogP contribution in [0, 0.1) is 0 Å². The van der Waals surface area contributed by atoms with Crippen molar-refractivity contribution in [1.82, 2.24) is 15.3 Å². The summed E-state index contributed by atoms with van der Waals surface area (Å²) >= 11 is 3.67. The minimum Gasteiger partial charge on any atom is -0.490 e. The van der Waals surface area contributed by atoms with Gasteiger partial charge in [0, 0.05) is 11.0 Å². The molecule has 0 aliphatic rings. The first-order valence-corrected chi connectivity index (χ1v) is 10.8. The minimum absolute atomic E-state index is 0.497. The zero-order valence-corrected chi connectivity index (χ0v) is 18.4. The van der Waals surface area contributed by atoms with E-state index in [0.29, 0.717) is 26.3 Å². The van der Waals surface area contributed by atoms with Gasteiger partial charge in [0.1, 0.15) is 12.4 Å². The number of imidazole rings is 1. The van der Waals surface area contributed by atoms with E-state index in [2.05, 4.69) is 31.2 Å². The zero-order chi connectivity index (χ0) is 20.8. The van der Waals surface area contributed by atoms with Crippen molar-refractivity contribution in [1.29, 1.82) is 0 Å². The lowest BCUT2D eigenvalue weighted by molar-refractivity contribution is 0.269. The molecule has 4 aromatic rings. The molecule has 154 valence electrons. The highest BCUT2D eigenvalue weighted by Gasteiger charge is 2.12. The van der Waals surface area contributed by atoms with Crippen molar-refractivity contribution in [2.24, 2.45) is 0 Å². The van der Waals surface area contributed by atoms with E-state index in [0.717, 1.165) is 44.0 Å². The average Bonchev–Trinajstić information content (AvgIpc) is 3.18. The molecule has 3 aromatic carbocycles. The number of aromatic amines is 1. The second-order valence-electron chi connectivity index (χ2n) is 6.90. The van der Waals surface area contributed by atoms with Crippen LogP contribution in [0.2, 0.25) is 0 Å². The first-order valence-electron chi connectivity index (χ1n) is 9.99. The van der Waals surface area contributed by atoms with Crippen molar-refractivity contribution in [3.8, 4) is 11.5 Å². The highest BCUT2D eigenvalue weighted by Crippen LogP contribution is 2.34. The lowest BCUT2D eigenvalue weighted by atomic mass is 10.2. The highest BCUT2D eigenvalue weighted by atomic mass is 79.9. The smallest absolute Gasteiger partial charge is 0.162 e. The maximum absolute atomic E-state index is 6.03. The molecule has 2 N–H and O–H groups in total. The normalized spacial score (nSPS) is 11.0. The van der Waals surface area contributed by atoms with E-state index in [1.54, 1.807) is 0 Å². The van der Waals surface area contributed by atoms with Gasteiger partial charge in [-0.3, -0.25) is 0 Å². The summed E-state index contributed by atoms with van der Waals surface area (Å²) in [5.41, 5.74) is 4.25. The van der Waals surface area contributed by atoms with E-state index in [4.69, 9.17) is 9.47 Å². The van der Waals surface area contributed by atoms with E-state index in [9.17, 15) is 0 Å². The molecule has 0 saturated carbocycles.